The SMILES string of the molecule is COC(=O)c1c(NC(=O)COC(=O)[C@H]2COc3ccccc3O2)sc(C)c1C. The topological polar surface area (TPSA) is 100 Å². The molecule has 3 rings (SSSR count). The molecule has 1 atom stereocenters. The van der Waals surface area contributed by atoms with Crippen LogP contribution in [0.3, 0.4) is 0 Å². The zero-order valence-electron chi connectivity index (χ0n) is 15.6. The molecule has 0 unspecified atom stereocenters. The number of benzene rings is 1. The Morgan fingerprint density at radius 2 is 1.93 bits per heavy atom. The predicted molar refractivity (Wildman–Crippen MR) is 101 cm³/mol. The third kappa shape index (κ3) is 4.09. The van der Waals surface area contributed by atoms with E-state index in [-0.39, 0.29) is 6.61 Å². The Bertz CT molecular complexity index is 921. The number of methoxy groups -OCH3 is 1. The van der Waals surface area contributed by atoms with Gasteiger partial charge in [-0.05, 0) is 31.5 Å². The van der Waals surface area contributed by atoms with Gasteiger partial charge in [0.2, 0.25) is 6.10 Å². The molecule has 2 heterocycles. The first-order chi connectivity index (χ1) is 13.4. The summed E-state index contributed by atoms with van der Waals surface area (Å²) in [7, 11) is 1.27. The van der Waals surface area contributed by atoms with Gasteiger partial charge in [0.1, 0.15) is 11.6 Å². The first-order valence-corrected chi connectivity index (χ1v) is 9.25. The lowest BCUT2D eigenvalue weighted by molar-refractivity contribution is -0.156. The summed E-state index contributed by atoms with van der Waals surface area (Å²) in [6.45, 7) is 3.08. The smallest absolute Gasteiger partial charge is 0.351 e. The first kappa shape index (κ1) is 19.7. The first-order valence-electron chi connectivity index (χ1n) is 8.44. The Hall–Kier alpha value is -3.07. The molecule has 0 radical (unpaired) electrons. The fraction of sp³-hybridized carbons (Fsp3) is 0.316. The fourth-order valence-electron chi connectivity index (χ4n) is 2.59. The molecule has 8 nitrogen and oxygen atoms in total. The molecule has 0 spiro atoms. The average Bonchev–Trinajstić information content (AvgIpc) is 2.98. The van der Waals surface area contributed by atoms with E-state index in [1.165, 1.54) is 18.4 Å². The van der Waals surface area contributed by atoms with Crippen molar-refractivity contribution in [2.75, 3.05) is 25.6 Å². The summed E-state index contributed by atoms with van der Waals surface area (Å²) >= 11 is 1.25. The number of hydrogen-bond acceptors (Lipinski definition) is 8. The molecule has 0 bridgehead atoms. The van der Waals surface area contributed by atoms with Crippen LogP contribution >= 0.6 is 11.3 Å². The minimum atomic E-state index is -0.959. The number of hydrogen-bond donors (Lipinski definition) is 1. The van der Waals surface area contributed by atoms with Crippen LogP contribution in [0.25, 0.3) is 0 Å². The number of nitrogens with one attached hydrogen (secondary N) is 1. The molecule has 2 aromatic rings. The Kier molecular flexibility index (Phi) is 5.84. The maximum atomic E-state index is 12.2. The molecule has 1 aromatic carbocycles. The van der Waals surface area contributed by atoms with Gasteiger partial charge in [0.05, 0.1) is 12.7 Å². The summed E-state index contributed by atoms with van der Waals surface area (Å²) in [5, 5.41) is 2.95. The van der Waals surface area contributed by atoms with Crippen molar-refractivity contribution in [3.63, 3.8) is 0 Å². The zero-order chi connectivity index (χ0) is 20.3. The van der Waals surface area contributed by atoms with Crippen LogP contribution < -0.4 is 14.8 Å². The molecule has 0 fully saturated rings. The summed E-state index contributed by atoms with van der Waals surface area (Å²) in [4.78, 5) is 37.2. The summed E-state index contributed by atoms with van der Waals surface area (Å²) < 4.78 is 20.8. The summed E-state index contributed by atoms with van der Waals surface area (Å²) in [5.41, 5.74) is 1.03. The molecule has 0 saturated heterocycles. The molecule has 9 heteroatoms. The highest BCUT2D eigenvalue weighted by atomic mass is 32.1. The van der Waals surface area contributed by atoms with E-state index in [9.17, 15) is 14.4 Å². The lowest BCUT2D eigenvalue weighted by Gasteiger charge is -2.24. The average molecular weight is 405 g/mol. The molecular weight excluding hydrogens is 386 g/mol. The van der Waals surface area contributed by atoms with Crippen molar-refractivity contribution in [2.24, 2.45) is 0 Å². The molecule has 0 aliphatic carbocycles. The molecular formula is C19H19NO7S. The van der Waals surface area contributed by atoms with E-state index in [0.717, 1.165) is 10.4 Å². The predicted octanol–water partition coefficient (Wildman–Crippen LogP) is 2.47. The van der Waals surface area contributed by atoms with E-state index in [2.05, 4.69) is 5.32 Å². The molecule has 1 aliphatic heterocycles. The van der Waals surface area contributed by atoms with Gasteiger partial charge in [-0.3, -0.25) is 4.79 Å². The van der Waals surface area contributed by atoms with Gasteiger partial charge in [0, 0.05) is 4.88 Å². The second-order valence-corrected chi connectivity index (χ2v) is 7.22. The summed E-state index contributed by atoms with van der Waals surface area (Å²) in [6, 6.07) is 6.96. The van der Waals surface area contributed by atoms with Crippen molar-refractivity contribution in [1.82, 2.24) is 0 Å². The minimum Gasteiger partial charge on any atom is -0.485 e. The number of para-hydroxylation sites is 2. The normalized spacial score (nSPS) is 14.9. The summed E-state index contributed by atoms with van der Waals surface area (Å²) in [5.74, 6) is -0.843. The van der Waals surface area contributed by atoms with Crippen molar-refractivity contribution < 1.29 is 33.3 Å². The van der Waals surface area contributed by atoms with Gasteiger partial charge in [0.15, 0.2) is 18.1 Å². The van der Waals surface area contributed by atoms with Crippen molar-refractivity contribution in [3.8, 4) is 11.5 Å². The van der Waals surface area contributed by atoms with E-state index in [4.69, 9.17) is 18.9 Å². The number of thiophene rings is 1. The second kappa shape index (κ2) is 8.30. The van der Waals surface area contributed by atoms with Crippen LogP contribution in [0.15, 0.2) is 24.3 Å². The van der Waals surface area contributed by atoms with Crippen LogP contribution in [0, 0.1) is 13.8 Å². The Morgan fingerprint density at radius 1 is 1.21 bits per heavy atom. The van der Waals surface area contributed by atoms with Gasteiger partial charge in [-0.2, -0.15) is 0 Å². The number of carbonyl (C=O) groups excluding carboxylic acids is 3. The summed E-state index contributed by atoms with van der Waals surface area (Å²) in [6.07, 6.45) is -0.959. The number of carbonyl (C=O) groups is 3. The van der Waals surface area contributed by atoms with E-state index in [1.54, 1.807) is 31.2 Å². The number of fused-ring (bicyclic) bond motifs is 1. The quantitative estimate of drug-likeness (QED) is 0.763. The Balaban J connectivity index is 1.57. The van der Waals surface area contributed by atoms with Gasteiger partial charge in [-0.25, -0.2) is 9.59 Å². The number of aryl methyl sites for hydroxylation is 1. The third-order valence-electron chi connectivity index (χ3n) is 4.14. The van der Waals surface area contributed by atoms with Gasteiger partial charge in [0.25, 0.3) is 5.91 Å². The van der Waals surface area contributed by atoms with Crippen LogP contribution in [-0.4, -0.2) is 44.3 Å². The number of amides is 1. The highest BCUT2D eigenvalue weighted by Crippen LogP contribution is 2.33. The Labute approximate surface area is 165 Å². The lowest BCUT2D eigenvalue weighted by atomic mass is 10.1. The van der Waals surface area contributed by atoms with Crippen LogP contribution in [0.5, 0.6) is 11.5 Å². The molecule has 28 heavy (non-hydrogen) atoms. The van der Waals surface area contributed by atoms with Crippen LogP contribution in [0.1, 0.15) is 20.8 Å². The molecule has 0 saturated carbocycles. The number of ether oxygens (including phenoxy) is 4. The largest absolute Gasteiger partial charge is 0.485 e. The lowest BCUT2D eigenvalue weighted by Crippen LogP contribution is -2.39. The molecule has 1 aliphatic rings. The van der Waals surface area contributed by atoms with Gasteiger partial charge >= 0.3 is 11.9 Å². The van der Waals surface area contributed by atoms with Crippen molar-refractivity contribution in [1.29, 1.82) is 0 Å². The molecule has 1 amide bonds. The minimum absolute atomic E-state index is 0.00668. The van der Waals surface area contributed by atoms with E-state index in [0.29, 0.717) is 22.1 Å². The Morgan fingerprint density at radius 3 is 2.64 bits per heavy atom. The van der Waals surface area contributed by atoms with E-state index >= 15 is 0 Å². The van der Waals surface area contributed by atoms with Gasteiger partial charge in [-0.1, -0.05) is 12.1 Å². The maximum Gasteiger partial charge on any atom is 0.351 e. The second-order valence-electron chi connectivity index (χ2n) is 6.00. The van der Waals surface area contributed by atoms with E-state index in [1.807, 2.05) is 6.92 Å². The fourth-order valence-corrected chi connectivity index (χ4v) is 3.66. The van der Waals surface area contributed by atoms with E-state index < -0.39 is 30.6 Å². The monoisotopic (exact) mass is 405 g/mol. The van der Waals surface area contributed by atoms with Crippen LogP contribution in [0.2, 0.25) is 0 Å². The zero-order valence-corrected chi connectivity index (χ0v) is 16.4. The van der Waals surface area contributed by atoms with Crippen LogP contribution in [0.4, 0.5) is 5.00 Å². The maximum absolute atomic E-state index is 12.2. The highest BCUT2D eigenvalue weighted by Gasteiger charge is 2.29. The number of rotatable bonds is 5. The van der Waals surface area contributed by atoms with Gasteiger partial charge in [-0.15, -0.1) is 11.3 Å². The molecule has 148 valence electrons. The number of esters is 2. The standard InChI is InChI=1S/C19H19NO7S/c1-10-11(2)28-17(16(10)19(23)24-3)20-15(21)9-26-18(22)14-8-25-12-6-4-5-7-13(12)27-14/h4-7,14H,8-9H2,1-3H3,(H,20,21)/t14-/m1/s1. The van der Waals surface area contributed by atoms with Crippen molar-refractivity contribution in [3.05, 3.63) is 40.3 Å². The third-order valence-corrected chi connectivity index (χ3v) is 5.27. The highest BCUT2D eigenvalue weighted by molar-refractivity contribution is 7.16. The van der Waals surface area contributed by atoms with Crippen molar-refractivity contribution in [2.45, 2.75) is 20.0 Å². The number of anilines is 1. The molecule has 1 aromatic heterocycles. The van der Waals surface area contributed by atoms with Crippen LogP contribution in [-0.2, 0) is 19.1 Å². The van der Waals surface area contributed by atoms with Gasteiger partial charge < -0.3 is 24.3 Å². The van der Waals surface area contributed by atoms with Crippen molar-refractivity contribution >= 4 is 34.2 Å². The molecule has 1 N–H and O–H groups in total.